The SMILES string of the molecule is COC(=O)NCc1cc(-c2ccccc2)cs1. The summed E-state index contributed by atoms with van der Waals surface area (Å²) >= 11 is 1.63. The van der Waals surface area contributed by atoms with Crippen LogP contribution in [0.3, 0.4) is 0 Å². The third-order valence-electron chi connectivity index (χ3n) is 2.35. The lowest BCUT2D eigenvalue weighted by Gasteiger charge is -2.00. The van der Waals surface area contributed by atoms with E-state index >= 15 is 0 Å². The Labute approximate surface area is 104 Å². The first-order valence-corrected chi connectivity index (χ1v) is 6.12. The highest BCUT2D eigenvalue weighted by atomic mass is 32.1. The topological polar surface area (TPSA) is 38.3 Å². The summed E-state index contributed by atoms with van der Waals surface area (Å²) in [7, 11) is 1.36. The van der Waals surface area contributed by atoms with Gasteiger partial charge in [0, 0.05) is 4.88 Å². The molecule has 0 spiro atoms. The second-order valence-electron chi connectivity index (χ2n) is 3.51. The van der Waals surface area contributed by atoms with Crippen LogP contribution in [0.2, 0.25) is 0 Å². The lowest BCUT2D eigenvalue weighted by molar-refractivity contribution is 0.170. The largest absolute Gasteiger partial charge is 0.453 e. The molecule has 0 radical (unpaired) electrons. The highest BCUT2D eigenvalue weighted by molar-refractivity contribution is 7.10. The molecule has 1 aromatic heterocycles. The predicted molar refractivity (Wildman–Crippen MR) is 69.0 cm³/mol. The Balaban J connectivity index is 2.04. The van der Waals surface area contributed by atoms with E-state index in [1.807, 2.05) is 18.2 Å². The Kier molecular flexibility index (Phi) is 3.77. The first-order chi connectivity index (χ1) is 8.29. The second-order valence-corrected chi connectivity index (χ2v) is 4.51. The van der Waals surface area contributed by atoms with Gasteiger partial charge in [0.25, 0.3) is 0 Å². The van der Waals surface area contributed by atoms with Crippen LogP contribution in [0.15, 0.2) is 41.8 Å². The predicted octanol–water partition coefficient (Wildman–Crippen LogP) is 3.27. The summed E-state index contributed by atoms with van der Waals surface area (Å²) in [5, 5.41) is 4.75. The molecule has 0 aliphatic heterocycles. The minimum atomic E-state index is -0.403. The maximum Gasteiger partial charge on any atom is 0.407 e. The summed E-state index contributed by atoms with van der Waals surface area (Å²) in [5.74, 6) is 0. The quantitative estimate of drug-likeness (QED) is 0.904. The molecule has 1 heterocycles. The van der Waals surface area contributed by atoms with Crippen molar-refractivity contribution in [1.29, 1.82) is 0 Å². The summed E-state index contributed by atoms with van der Waals surface area (Å²) in [4.78, 5) is 12.0. The highest BCUT2D eigenvalue weighted by Crippen LogP contribution is 2.25. The monoisotopic (exact) mass is 247 g/mol. The van der Waals surface area contributed by atoms with E-state index in [0.717, 1.165) is 4.88 Å². The molecule has 3 nitrogen and oxygen atoms in total. The van der Waals surface area contributed by atoms with Gasteiger partial charge in [-0.1, -0.05) is 30.3 Å². The Hall–Kier alpha value is -1.81. The molecular formula is C13H13NO2S. The molecule has 2 rings (SSSR count). The minimum Gasteiger partial charge on any atom is -0.453 e. The molecule has 0 saturated heterocycles. The van der Waals surface area contributed by atoms with E-state index in [9.17, 15) is 4.79 Å². The Morgan fingerprint density at radius 1 is 1.29 bits per heavy atom. The molecule has 17 heavy (non-hydrogen) atoms. The van der Waals surface area contributed by atoms with Crippen LogP contribution in [0.1, 0.15) is 4.88 Å². The van der Waals surface area contributed by atoms with Crippen LogP contribution < -0.4 is 5.32 Å². The summed E-state index contributed by atoms with van der Waals surface area (Å²) in [6, 6.07) is 12.2. The molecule has 0 fully saturated rings. The van der Waals surface area contributed by atoms with Crippen molar-refractivity contribution in [2.45, 2.75) is 6.54 Å². The molecular weight excluding hydrogens is 234 g/mol. The molecule has 1 amide bonds. The van der Waals surface area contributed by atoms with Gasteiger partial charge in [0.1, 0.15) is 0 Å². The number of benzene rings is 1. The van der Waals surface area contributed by atoms with Gasteiger partial charge in [-0.15, -0.1) is 11.3 Å². The lowest BCUT2D eigenvalue weighted by atomic mass is 10.1. The van der Waals surface area contributed by atoms with E-state index < -0.39 is 6.09 Å². The van der Waals surface area contributed by atoms with Crippen LogP contribution in [0.5, 0.6) is 0 Å². The summed E-state index contributed by atoms with van der Waals surface area (Å²) in [5.41, 5.74) is 2.37. The first-order valence-electron chi connectivity index (χ1n) is 5.24. The number of thiophene rings is 1. The van der Waals surface area contributed by atoms with Crippen molar-refractivity contribution in [2.24, 2.45) is 0 Å². The molecule has 0 bridgehead atoms. The fourth-order valence-electron chi connectivity index (χ4n) is 1.49. The van der Waals surface area contributed by atoms with Crippen LogP contribution in [-0.4, -0.2) is 13.2 Å². The smallest absolute Gasteiger partial charge is 0.407 e. The number of hydrogen-bond donors (Lipinski definition) is 1. The Bertz CT molecular complexity index is 493. The maximum absolute atomic E-state index is 10.9. The number of alkyl carbamates (subject to hydrolysis) is 1. The molecule has 1 aromatic carbocycles. The van der Waals surface area contributed by atoms with Gasteiger partial charge in [-0.05, 0) is 22.6 Å². The van der Waals surface area contributed by atoms with Crippen molar-refractivity contribution in [3.63, 3.8) is 0 Å². The molecule has 88 valence electrons. The van der Waals surface area contributed by atoms with E-state index in [1.165, 1.54) is 18.2 Å². The zero-order chi connectivity index (χ0) is 12.1. The van der Waals surface area contributed by atoms with Gasteiger partial charge < -0.3 is 10.1 Å². The van der Waals surface area contributed by atoms with Crippen LogP contribution >= 0.6 is 11.3 Å². The van der Waals surface area contributed by atoms with Gasteiger partial charge in [0.05, 0.1) is 13.7 Å². The number of nitrogens with one attached hydrogen (secondary N) is 1. The van der Waals surface area contributed by atoms with Gasteiger partial charge in [-0.25, -0.2) is 4.79 Å². The van der Waals surface area contributed by atoms with Gasteiger partial charge >= 0.3 is 6.09 Å². The Morgan fingerprint density at radius 2 is 2.06 bits per heavy atom. The number of methoxy groups -OCH3 is 1. The molecule has 0 aliphatic carbocycles. The van der Waals surface area contributed by atoms with Crippen molar-refractivity contribution in [1.82, 2.24) is 5.32 Å². The fourth-order valence-corrected chi connectivity index (χ4v) is 2.32. The van der Waals surface area contributed by atoms with Crippen molar-refractivity contribution in [3.8, 4) is 11.1 Å². The zero-order valence-electron chi connectivity index (χ0n) is 9.47. The fraction of sp³-hybridized carbons (Fsp3) is 0.154. The molecule has 1 N–H and O–H groups in total. The number of amides is 1. The standard InChI is InChI=1S/C13H13NO2S/c1-16-13(15)14-8-12-7-11(9-17-12)10-5-3-2-4-6-10/h2-7,9H,8H2,1H3,(H,14,15). The van der Waals surface area contributed by atoms with Crippen LogP contribution in [0.25, 0.3) is 11.1 Å². The highest BCUT2D eigenvalue weighted by Gasteiger charge is 2.03. The summed E-state index contributed by atoms with van der Waals surface area (Å²) < 4.78 is 4.52. The van der Waals surface area contributed by atoms with E-state index in [0.29, 0.717) is 6.54 Å². The third kappa shape index (κ3) is 3.07. The normalized spacial score (nSPS) is 9.94. The van der Waals surface area contributed by atoms with E-state index in [2.05, 4.69) is 33.6 Å². The summed E-state index contributed by atoms with van der Waals surface area (Å²) in [6.45, 7) is 0.504. The van der Waals surface area contributed by atoms with Crippen molar-refractivity contribution >= 4 is 17.4 Å². The minimum absolute atomic E-state index is 0.403. The molecule has 0 atom stereocenters. The third-order valence-corrected chi connectivity index (χ3v) is 3.29. The van der Waals surface area contributed by atoms with Crippen molar-refractivity contribution < 1.29 is 9.53 Å². The summed E-state index contributed by atoms with van der Waals surface area (Å²) in [6.07, 6.45) is -0.403. The van der Waals surface area contributed by atoms with E-state index in [4.69, 9.17) is 0 Å². The van der Waals surface area contributed by atoms with Crippen LogP contribution in [-0.2, 0) is 11.3 Å². The van der Waals surface area contributed by atoms with Crippen LogP contribution in [0.4, 0.5) is 4.79 Å². The van der Waals surface area contributed by atoms with Crippen molar-refractivity contribution in [2.75, 3.05) is 7.11 Å². The van der Waals surface area contributed by atoms with Gasteiger partial charge in [-0.3, -0.25) is 0 Å². The molecule has 2 aromatic rings. The number of rotatable bonds is 3. The average Bonchev–Trinajstić information content (AvgIpc) is 2.86. The zero-order valence-corrected chi connectivity index (χ0v) is 10.3. The maximum atomic E-state index is 10.9. The van der Waals surface area contributed by atoms with Gasteiger partial charge in [0.2, 0.25) is 0 Å². The van der Waals surface area contributed by atoms with Crippen LogP contribution in [0, 0.1) is 0 Å². The second kappa shape index (κ2) is 5.50. The first kappa shape index (κ1) is 11.7. The number of hydrogen-bond acceptors (Lipinski definition) is 3. The molecule has 0 unspecified atom stereocenters. The van der Waals surface area contributed by atoms with E-state index in [1.54, 1.807) is 11.3 Å². The molecule has 0 saturated carbocycles. The number of carbonyl (C=O) groups is 1. The van der Waals surface area contributed by atoms with Crippen molar-refractivity contribution in [3.05, 3.63) is 46.7 Å². The Morgan fingerprint density at radius 3 is 2.76 bits per heavy atom. The molecule has 0 aliphatic rings. The number of carbonyl (C=O) groups excluding carboxylic acids is 1. The van der Waals surface area contributed by atoms with Gasteiger partial charge in [0.15, 0.2) is 0 Å². The lowest BCUT2D eigenvalue weighted by Crippen LogP contribution is -2.21. The molecule has 4 heteroatoms. The average molecular weight is 247 g/mol. The number of ether oxygens (including phenoxy) is 1. The van der Waals surface area contributed by atoms with E-state index in [-0.39, 0.29) is 0 Å². The van der Waals surface area contributed by atoms with Gasteiger partial charge in [-0.2, -0.15) is 0 Å².